The molecule has 0 radical (unpaired) electrons. The Labute approximate surface area is 152 Å². The Kier molecular flexibility index (Phi) is 5.56. The number of carbonyl (C=O) groups excluding carboxylic acids is 1. The van der Waals surface area contributed by atoms with Gasteiger partial charge in [0.15, 0.2) is 0 Å². The topological polar surface area (TPSA) is 49.6 Å². The van der Waals surface area contributed by atoms with Crippen molar-refractivity contribution in [3.63, 3.8) is 0 Å². The molecule has 1 saturated heterocycles. The van der Waals surface area contributed by atoms with E-state index in [4.69, 9.17) is 16.1 Å². The summed E-state index contributed by atoms with van der Waals surface area (Å²) < 4.78 is 5.33. The number of aryl methyl sites for hydroxylation is 1. The quantitative estimate of drug-likeness (QED) is 0.782. The zero-order valence-electron chi connectivity index (χ0n) is 14.4. The lowest BCUT2D eigenvalue weighted by molar-refractivity contribution is 0.0761. The van der Waals surface area contributed by atoms with E-state index in [1.165, 1.54) is 0 Å². The normalized spacial score (nSPS) is 15.8. The Morgan fingerprint density at radius 2 is 2.12 bits per heavy atom. The van der Waals surface area contributed by atoms with Crippen molar-refractivity contribution in [1.82, 2.24) is 15.0 Å². The van der Waals surface area contributed by atoms with Gasteiger partial charge in [-0.25, -0.2) is 0 Å². The Morgan fingerprint density at radius 3 is 2.88 bits per heavy atom. The molecule has 6 heteroatoms. The molecule has 0 atom stereocenters. The molecule has 2 aromatic rings. The number of amides is 1. The minimum Gasteiger partial charge on any atom is -0.360 e. The summed E-state index contributed by atoms with van der Waals surface area (Å²) >= 11 is 6.29. The third-order valence-corrected chi connectivity index (χ3v) is 4.80. The summed E-state index contributed by atoms with van der Waals surface area (Å²) in [5.74, 6) is 0.473. The van der Waals surface area contributed by atoms with Crippen LogP contribution in [0, 0.1) is 6.92 Å². The molecule has 132 valence electrons. The van der Waals surface area contributed by atoms with Crippen molar-refractivity contribution in [1.29, 1.82) is 0 Å². The van der Waals surface area contributed by atoms with E-state index >= 15 is 0 Å². The van der Waals surface area contributed by atoms with Crippen molar-refractivity contribution >= 4 is 17.5 Å². The molecule has 1 aromatic heterocycles. The highest BCUT2D eigenvalue weighted by Gasteiger charge is 2.28. The van der Waals surface area contributed by atoms with Crippen molar-refractivity contribution in [2.24, 2.45) is 0 Å². The van der Waals surface area contributed by atoms with E-state index in [0.29, 0.717) is 34.1 Å². The lowest BCUT2D eigenvalue weighted by Crippen LogP contribution is -2.35. The maximum absolute atomic E-state index is 13.1. The van der Waals surface area contributed by atoms with Crippen molar-refractivity contribution < 1.29 is 9.32 Å². The summed E-state index contributed by atoms with van der Waals surface area (Å²) in [4.78, 5) is 17.3. The van der Waals surface area contributed by atoms with Crippen molar-refractivity contribution in [3.8, 4) is 11.3 Å². The lowest BCUT2D eigenvalue weighted by Gasteiger charge is -2.21. The Hall–Kier alpha value is -2.11. The number of carbonyl (C=O) groups is 1. The van der Waals surface area contributed by atoms with Gasteiger partial charge in [-0.2, -0.15) is 0 Å². The molecule has 25 heavy (non-hydrogen) atoms. The van der Waals surface area contributed by atoms with Crippen LogP contribution in [0.3, 0.4) is 0 Å². The highest BCUT2D eigenvalue weighted by atomic mass is 35.5. The van der Waals surface area contributed by atoms with Gasteiger partial charge in [-0.15, -0.1) is 6.58 Å². The Morgan fingerprint density at radius 1 is 1.32 bits per heavy atom. The summed E-state index contributed by atoms with van der Waals surface area (Å²) in [6, 6.07) is 7.36. The molecule has 1 aliphatic heterocycles. The van der Waals surface area contributed by atoms with E-state index in [0.717, 1.165) is 32.6 Å². The van der Waals surface area contributed by atoms with Gasteiger partial charge < -0.3 is 9.42 Å². The molecule has 1 amide bonds. The number of nitrogens with zero attached hydrogens (tertiary/aromatic N) is 3. The van der Waals surface area contributed by atoms with E-state index in [1.807, 2.05) is 29.2 Å². The largest absolute Gasteiger partial charge is 0.360 e. The van der Waals surface area contributed by atoms with E-state index in [2.05, 4.69) is 16.6 Å². The summed E-state index contributed by atoms with van der Waals surface area (Å²) in [5, 5.41) is 4.65. The Bertz CT molecular complexity index is 772. The summed E-state index contributed by atoms with van der Waals surface area (Å²) in [6.45, 7) is 9.61. The molecule has 5 nitrogen and oxygen atoms in total. The fourth-order valence-corrected chi connectivity index (χ4v) is 3.38. The second-order valence-corrected chi connectivity index (χ2v) is 6.58. The molecule has 0 spiro atoms. The van der Waals surface area contributed by atoms with Gasteiger partial charge in [0, 0.05) is 38.3 Å². The fourth-order valence-electron chi connectivity index (χ4n) is 3.16. The van der Waals surface area contributed by atoms with Crippen LogP contribution >= 0.6 is 11.6 Å². The molecule has 0 N–H and O–H groups in total. The van der Waals surface area contributed by atoms with Crippen LogP contribution in [0.4, 0.5) is 0 Å². The van der Waals surface area contributed by atoms with Crippen LogP contribution in [-0.4, -0.2) is 53.6 Å². The minimum atomic E-state index is -0.0471. The van der Waals surface area contributed by atoms with Gasteiger partial charge in [0.05, 0.1) is 5.02 Å². The van der Waals surface area contributed by atoms with E-state index < -0.39 is 0 Å². The van der Waals surface area contributed by atoms with Crippen molar-refractivity contribution in [2.45, 2.75) is 13.3 Å². The van der Waals surface area contributed by atoms with Crippen LogP contribution in [0.25, 0.3) is 11.3 Å². The molecule has 0 unspecified atom stereocenters. The molecular weight excluding hydrogens is 338 g/mol. The number of aromatic nitrogens is 1. The molecule has 1 aliphatic rings. The molecule has 3 rings (SSSR count). The van der Waals surface area contributed by atoms with Gasteiger partial charge in [0.2, 0.25) is 0 Å². The first kappa shape index (κ1) is 17.7. The van der Waals surface area contributed by atoms with Gasteiger partial charge in [-0.3, -0.25) is 9.69 Å². The minimum absolute atomic E-state index is 0.0471. The smallest absolute Gasteiger partial charge is 0.259 e. The number of rotatable bonds is 4. The summed E-state index contributed by atoms with van der Waals surface area (Å²) in [7, 11) is 0. The zero-order chi connectivity index (χ0) is 17.8. The van der Waals surface area contributed by atoms with Crippen LogP contribution in [0.1, 0.15) is 22.5 Å². The molecular formula is C19H22ClN3O2. The number of hydrogen-bond donors (Lipinski definition) is 0. The van der Waals surface area contributed by atoms with Crippen molar-refractivity contribution in [2.75, 3.05) is 32.7 Å². The average molecular weight is 360 g/mol. The first-order chi connectivity index (χ1) is 12.1. The van der Waals surface area contributed by atoms with Gasteiger partial charge in [-0.1, -0.05) is 41.0 Å². The number of hydrogen-bond acceptors (Lipinski definition) is 4. The zero-order valence-corrected chi connectivity index (χ0v) is 15.1. The third kappa shape index (κ3) is 3.78. The summed E-state index contributed by atoms with van der Waals surface area (Å²) in [5.41, 5.74) is 1.73. The first-order valence-electron chi connectivity index (χ1n) is 8.45. The van der Waals surface area contributed by atoms with Gasteiger partial charge in [0.25, 0.3) is 5.91 Å². The van der Waals surface area contributed by atoms with Crippen LogP contribution in [0.5, 0.6) is 0 Å². The summed E-state index contributed by atoms with van der Waals surface area (Å²) in [6.07, 6.45) is 2.84. The van der Waals surface area contributed by atoms with Gasteiger partial charge in [0.1, 0.15) is 17.0 Å². The molecule has 2 heterocycles. The van der Waals surface area contributed by atoms with E-state index in [1.54, 1.807) is 13.0 Å². The number of halogens is 1. The third-order valence-electron chi connectivity index (χ3n) is 4.47. The molecule has 1 aromatic carbocycles. The first-order valence-corrected chi connectivity index (χ1v) is 8.83. The molecule has 0 saturated carbocycles. The maximum Gasteiger partial charge on any atom is 0.259 e. The predicted molar refractivity (Wildman–Crippen MR) is 98.8 cm³/mol. The van der Waals surface area contributed by atoms with Crippen molar-refractivity contribution in [3.05, 3.63) is 53.3 Å². The monoisotopic (exact) mass is 359 g/mol. The van der Waals surface area contributed by atoms with Crippen LogP contribution in [-0.2, 0) is 0 Å². The maximum atomic E-state index is 13.1. The van der Waals surface area contributed by atoms with Gasteiger partial charge in [-0.05, 0) is 19.4 Å². The van der Waals surface area contributed by atoms with Gasteiger partial charge >= 0.3 is 0 Å². The van der Waals surface area contributed by atoms with E-state index in [9.17, 15) is 4.79 Å². The molecule has 0 aliphatic carbocycles. The lowest BCUT2D eigenvalue weighted by atomic mass is 10.0. The highest BCUT2D eigenvalue weighted by molar-refractivity contribution is 6.33. The van der Waals surface area contributed by atoms with Crippen LogP contribution < -0.4 is 0 Å². The van der Waals surface area contributed by atoms with E-state index in [-0.39, 0.29) is 5.91 Å². The predicted octanol–water partition coefficient (Wildman–Crippen LogP) is 3.64. The average Bonchev–Trinajstić information content (AvgIpc) is 2.83. The number of benzene rings is 1. The second-order valence-electron chi connectivity index (χ2n) is 6.18. The standard InChI is InChI=1S/C19H22ClN3O2/c1-3-9-22-10-6-11-23(13-12-22)19(24)17-14(2)25-21-18(17)15-7-4-5-8-16(15)20/h3-5,7-8H,1,6,9-13H2,2H3. The fraction of sp³-hybridized carbons (Fsp3) is 0.368. The second kappa shape index (κ2) is 7.85. The van der Waals surface area contributed by atoms with Crippen LogP contribution in [0.2, 0.25) is 5.02 Å². The highest BCUT2D eigenvalue weighted by Crippen LogP contribution is 2.31. The molecule has 1 fully saturated rings. The SMILES string of the molecule is C=CCN1CCCN(C(=O)c2c(-c3ccccc3Cl)noc2C)CC1. The Balaban J connectivity index is 1.87. The molecule has 0 bridgehead atoms. The van der Waals surface area contributed by atoms with Crippen LogP contribution in [0.15, 0.2) is 41.4 Å².